The molecule has 0 fully saturated rings. The van der Waals surface area contributed by atoms with Crippen molar-refractivity contribution in [2.75, 3.05) is 39.6 Å². The molecule has 0 unspecified atom stereocenters. The summed E-state index contributed by atoms with van der Waals surface area (Å²) in [4.78, 5) is 0. The molecule has 0 aromatic rings. The summed E-state index contributed by atoms with van der Waals surface area (Å²) >= 11 is 0. The van der Waals surface area contributed by atoms with Crippen molar-refractivity contribution in [1.29, 1.82) is 0 Å². The second-order valence-electron chi connectivity index (χ2n) is 2.04. The number of rotatable bonds is 7. The molecule has 0 aliphatic carbocycles. The van der Waals surface area contributed by atoms with Crippen molar-refractivity contribution in [2.45, 2.75) is 0 Å². The Kier molecular flexibility index (Phi) is 27.5. The van der Waals surface area contributed by atoms with Crippen molar-refractivity contribution in [1.82, 2.24) is 0 Å². The summed E-state index contributed by atoms with van der Waals surface area (Å²) in [5.74, 6) is 0. The molecule has 0 rings (SSSR count). The van der Waals surface area contributed by atoms with Gasteiger partial charge in [0.25, 0.3) is 0 Å². The molecule has 110 valence electrons. The highest BCUT2D eigenvalue weighted by Gasteiger charge is 1.92. The third-order valence-electron chi connectivity index (χ3n) is 0.705. The zero-order valence-electron chi connectivity index (χ0n) is 9.38. The van der Waals surface area contributed by atoms with E-state index in [1.165, 1.54) is 0 Å². The van der Waals surface area contributed by atoms with Gasteiger partial charge in [-0.2, -0.15) is 4.31 Å². The minimum absolute atomic E-state index is 0.0278. The van der Waals surface area contributed by atoms with Crippen LogP contribution in [0.15, 0.2) is 0 Å². The molecule has 0 aliphatic heterocycles. The lowest BCUT2D eigenvalue weighted by Gasteiger charge is -1.94. The van der Waals surface area contributed by atoms with Crippen LogP contribution in [0.25, 0.3) is 0 Å². The maximum atomic E-state index is 9.24. The summed E-state index contributed by atoms with van der Waals surface area (Å²) in [5.41, 5.74) is 0. The van der Waals surface area contributed by atoms with Crippen LogP contribution >= 0.6 is 15.8 Å². The van der Waals surface area contributed by atoms with Crippen LogP contribution in [0.3, 0.4) is 0 Å². The van der Waals surface area contributed by atoms with Crippen LogP contribution in [-0.4, -0.2) is 60.1 Å². The quantitative estimate of drug-likeness (QED) is 0.343. The highest BCUT2D eigenvalue weighted by Crippen LogP contribution is 2.19. The van der Waals surface area contributed by atoms with Crippen LogP contribution in [0.1, 0.15) is 0 Å². The Morgan fingerprint density at radius 2 is 1.00 bits per heavy atom. The highest BCUT2D eigenvalue weighted by molar-refractivity contribution is 7.39. The monoisotopic (exact) mass is 310 g/mol. The first-order valence-corrected chi connectivity index (χ1v) is 6.63. The molecule has 0 bridgehead atoms. The fraction of sp³-hybridized carbons (Fsp3) is 1.00. The molecule has 0 heterocycles. The Morgan fingerprint density at radius 3 is 1.11 bits per heavy atom. The van der Waals surface area contributed by atoms with Gasteiger partial charge in [-0.15, -0.1) is 0 Å². The number of hydrogen-bond donors (Lipinski definition) is 4. The van der Waals surface area contributed by atoms with Gasteiger partial charge in [0.1, 0.15) is 0 Å². The van der Waals surface area contributed by atoms with E-state index in [9.17, 15) is 18.3 Å². The second kappa shape index (κ2) is 21.8. The zero-order valence-corrected chi connectivity index (χ0v) is 11.2. The van der Waals surface area contributed by atoms with Crippen LogP contribution < -0.4 is 0 Å². The first-order chi connectivity index (χ1) is 8.45. The average molecular weight is 310 g/mol. The van der Waals surface area contributed by atoms with E-state index in [2.05, 4.69) is 9.05 Å². The predicted octanol–water partition coefficient (Wildman–Crippen LogP) is -0.863. The lowest BCUT2D eigenvalue weighted by molar-refractivity contribution is 0.0650. The lowest BCUT2D eigenvalue weighted by atomic mass is 10.7. The summed E-state index contributed by atoms with van der Waals surface area (Å²) < 4.78 is 44.8. The van der Waals surface area contributed by atoms with Gasteiger partial charge in [-0.1, -0.05) is 0 Å². The van der Waals surface area contributed by atoms with E-state index in [0.29, 0.717) is 13.2 Å². The maximum Gasteiger partial charge on any atom is 0.481 e. The van der Waals surface area contributed by atoms with Crippen LogP contribution in [-0.2, 0) is 27.3 Å². The smallest absolute Gasteiger partial charge is 0.394 e. The summed E-state index contributed by atoms with van der Waals surface area (Å²) in [6.45, 7) is 0.446. The van der Waals surface area contributed by atoms with E-state index in [1.807, 2.05) is 0 Å². The molecular formula is C6H16O10P2. The van der Waals surface area contributed by atoms with Crippen molar-refractivity contribution >= 4 is 15.8 Å². The summed E-state index contributed by atoms with van der Waals surface area (Å²) in [5, 5.41) is 31.4. The number of aliphatic hydroxyl groups excluding tert-OH is 4. The van der Waals surface area contributed by atoms with Crippen molar-refractivity contribution < 1.29 is 47.7 Å². The molecule has 0 saturated heterocycles. The van der Waals surface area contributed by atoms with Crippen molar-refractivity contribution in [3.8, 4) is 0 Å². The molecule has 0 aromatic heterocycles. The van der Waals surface area contributed by atoms with Gasteiger partial charge < -0.3 is 25.2 Å². The molecular weight excluding hydrogens is 294 g/mol. The van der Waals surface area contributed by atoms with Gasteiger partial charge >= 0.3 is 15.8 Å². The fourth-order valence-corrected chi connectivity index (χ4v) is 0.721. The SMILES string of the molecule is O=P(=O)OP(=O)=O.OCCO.OCCOCCO. The Morgan fingerprint density at radius 1 is 0.667 bits per heavy atom. The Labute approximate surface area is 104 Å². The number of aliphatic hydroxyl groups is 4. The highest BCUT2D eigenvalue weighted by atomic mass is 31.2. The van der Waals surface area contributed by atoms with E-state index < -0.39 is 15.8 Å². The van der Waals surface area contributed by atoms with Gasteiger partial charge in [0, 0.05) is 0 Å². The molecule has 0 spiro atoms. The Hall–Kier alpha value is -0.440. The minimum Gasteiger partial charge on any atom is -0.394 e. The first-order valence-electron chi connectivity index (χ1n) is 4.44. The molecule has 12 heteroatoms. The minimum atomic E-state index is -3.24. The number of hydrogen-bond acceptors (Lipinski definition) is 10. The Bertz CT molecular complexity index is 232. The van der Waals surface area contributed by atoms with Crippen molar-refractivity contribution in [2.24, 2.45) is 0 Å². The Balaban J connectivity index is -0.000000196. The van der Waals surface area contributed by atoms with Gasteiger partial charge in [-0.25, -0.2) is 18.3 Å². The van der Waals surface area contributed by atoms with Gasteiger partial charge in [0.05, 0.1) is 39.6 Å². The molecule has 0 saturated carbocycles. The number of ether oxygens (including phenoxy) is 1. The third-order valence-corrected chi connectivity index (χ3v) is 1.77. The predicted molar refractivity (Wildman–Crippen MR) is 56.8 cm³/mol. The molecule has 0 aliphatic rings. The zero-order chi connectivity index (χ0) is 14.8. The topological polar surface area (TPSA) is 168 Å². The summed E-state index contributed by atoms with van der Waals surface area (Å²) in [7, 11) is -6.47. The summed E-state index contributed by atoms with van der Waals surface area (Å²) in [6, 6.07) is 0. The molecule has 0 aromatic carbocycles. The largest absolute Gasteiger partial charge is 0.481 e. The van der Waals surface area contributed by atoms with Crippen molar-refractivity contribution in [3.05, 3.63) is 0 Å². The molecule has 0 atom stereocenters. The molecule has 0 radical (unpaired) electrons. The van der Waals surface area contributed by atoms with Gasteiger partial charge in [-0.05, 0) is 0 Å². The second-order valence-corrected chi connectivity index (χ2v) is 3.58. The first kappa shape index (κ1) is 22.7. The molecule has 10 nitrogen and oxygen atoms in total. The van der Waals surface area contributed by atoms with Crippen molar-refractivity contribution in [3.63, 3.8) is 0 Å². The van der Waals surface area contributed by atoms with E-state index in [-0.39, 0.29) is 26.4 Å². The van der Waals surface area contributed by atoms with Gasteiger partial charge in [0.15, 0.2) is 0 Å². The normalized spacial score (nSPS) is 8.44. The van der Waals surface area contributed by atoms with E-state index in [0.717, 1.165) is 0 Å². The maximum absolute atomic E-state index is 9.24. The van der Waals surface area contributed by atoms with E-state index in [1.54, 1.807) is 0 Å². The van der Waals surface area contributed by atoms with Crippen LogP contribution in [0.2, 0.25) is 0 Å². The standard InChI is InChI=1S/C4H10O3.C2H6O2.O5P2/c5-1-3-7-4-2-6;3-1-2-4;1-6(2)5-7(3)4/h5-6H,1-4H2;3-4H,1-2H2;. The lowest BCUT2D eigenvalue weighted by Crippen LogP contribution is -2.03. The van der Waals surface area contributed by atoms with E-state index in [4.69, 9.17) is 20.4 Å². The van der Waals surface area contributed by atoms with E-state index >= 15 is 0 Å². The van der Waals surface area contributed by atoms with Gasteiger partial charge in [0.2, 0.25) is 0 Å². The molecule has 18 heavy (non-hydrogen) atoms. The average Bonchev–Trinajstić information content (AvgIpc) is 2.29. The van der Waals surface area contributed by atoms with Gasteiger partial charge in [-0.3, -0.25) is 0 Å². The fourth-order valence-electron chi connectivity index (χ4n) is 0.286. The third kappa shape index (κ3) is 45.0. The van der Waals surface area contributed by atoms with Crippen LogP contribution in [0.5, 0.6) is 0 Å². The van der Waals surface area contributed by atoms with Crippen LogP contribution in [0, 0.1) is 0 Å². The summed E-state index contributed by atoms with van der Waals surface area (Å²) in [6.07, 6.45) is 0. The molecule has 0 amide bonds. The molecule has 4 N–H and O–H groups in total. The van der Waals surface area contributed by atoms with Crippen LogP contribution in [0.4, 0.5) is 0 Å².